The number of nitrogens with zero attached hydrogens (tertiary/aromatic N) is 4. The molecule has 0 saturated heterocycles. The molecule has 0 fully saturated rings. The molecule has 126 valence electrons. The topological polar surface area (TPSA) is 74.2 Å². The molecule has 1 amide bonds. The van der Waals surface area contributed by atoms with Crippen LogP contribution in [0.2, 0.25) is 5.02 Å². The Bertz CT molecular complexity index is 994. The lowest BCUT2D eigenvalue weighted by atomic mass is 10.1. The van der Waals surface area contributed by atoms with Crippen LogP contribution in [0.4, 0.5) is 0 Å². The highest BCUT2D eigenvalue weighted by molar-refractivity contribution is 6.30. The molecule has 0 atom stereocenters. The highest BCUT2D eigenvalue weighted by Gasteiger charge is 2.20. The van der Waals surface area contributed by atoms with Crippen molar-refractivity contribution in [2.45, 2.75) is 19.3 Å². The highest BCUT2D eigenvalue weighted by Crippen LogP contribution is 2.19. The smallest absolute Gasteiger partial charge is 0.242 e. The molecule has 0 radical (unpaired) electrons. The first-order valence-electron chi connectivity index (χ1n) is 8.02. The average Bonchev–Trinajstić information content (AvgIpc) is 3.00. The lowest BCUT2D eigenvalue weighted by Crippen LogP contribution is -2.28. The molecule has 4 rings (SSSR count). The number of hydrazone groups is 1. The summed E-state index contributed by atoms with van der Waals surface area (Å²) in [6, 6.07) is 9.83. The second-order valence-electron chi connectivity index (χ2n) is 6.07. The average molecular weight is 354 g/mol. The standard InChI is InChI=1S/C18H16ClN5O/c1-24-16(25)6-5-14(23-24)18-21-15-9-12(10-20-17(15)22-18)7-11-3-2-4-13(19)8-11/h2-4,8-10H,5-7H2,1H3,(H,20,21,22). The predicted molar refractivity (Wildman–Crippen MR) is 96.7 cm³/mol. The number of imidazole rings is 1. The van der Waals surface area contributed by atoms with Gasteiger partial charge in [-0.25, -0.2) is 15.0 Å². The van der Waals surface area contributed by atoms with Gasteiger partial charge in [0.2, 0.25) is 5.91 Å². The van der Waals surface area contributed by atoms with Crippen molar-refractivity contribution in [3.63, 3.8) is 0 Å². The molecular weight excluding hydrogens is 338 g/mol. The highest BCUT2D eigenvalue weighted by atomic mass is 35.5. The van der Waals surface area contributed by atoms with Crippen LogP contribution in [0.1, 0.15) is 29.8 Å². The largest absolute Gasteiger partial charge is 0.335 e. The molecule has 0 bridgehead atoms. The van der Waals surface area contributed by atoms with Gasteiger partial charge in [0.05, 0.1) is 5.52 Å². The number of hydrogen-bond acceptors (Lipinski definition) is 4. The van der Waals surface area contributed by atoms with E-state index in [1.807, 2.05) is 36.5 Å². The molecule has 3 heterocycles. The Hall–Kier alpha value is -2.73. The van der Waals surface area contributed by atoms with Crippen molar-refractivity contribution in [1.29, 1.82) is 0 Å². The van der Waals surface area contributed by atoms with Gasteiger partial charge < -0.3 is 4.98 Å². The fourth-order valence-electron chi connectivity index (χ4n) is 2.90. The number of rotatable bonds is 3. The monoisotopic (exact) mass is 353 g/mol. The zero-order valence-corrected chi connectivity index (χ0v) is 14.4. The third kappa shape index (κ3) is 3.25. The molecule has 1 aromatic carbocycles. The fraction of sp³-hybridized carbons (Fsp3) is 0.222. The summed E-state index contributed by atoms with van der Waals surface area (Å²) in [5, 5.41) is 6.38. The van der Waals surface area contributed by atoms with Crippen LogP contribution in [0, 0.1) is 0 Å². The molecule has 25 heavy (non-hydrogen) atoms. The van der Waals surface area contributed by atoms with Crippen molar-refractivity contribution in [2.24, 2.45) is 5.10 Å². The van der Waals surface area contributed by atoms with E-state index in [0.717, 1.165) is 33.8 Å². The number of nitrogens with one attached hydrogen (secondary N) is 1. The van der Waals surface area contributed by atoms with E-state index in [1.165, 1.54) is 5.01 Å². The van der Waals surface area contributed by atoms with Crippen LogP contribution < -0.4 is 0 Å². The summed E-state index contributed by atoms with van der Waals surface area (Å²) in [6.45, 7) is 0. The van der Waals surface area contributed by atoms with E-state index in [0.29, 0.717) is 24.3 Å². The zero-order chi connectivity index (χ0) is 17.4. The second kappa shape index (κ2) is 6.29. The van der Waals surface area contributed by atoms with Crippen LogP contribution in [-0.4, -0.2) is 38.6 Å². The molecule has 7 heteroatoms. The number of carbonyl (C=O) groups is 1. The van der Waals surface area contributed by atoms with Gasteiger partial charge in [-0.05, 0) is 35.7 Å². The Balaban J connectivity index is 1.63. The zero-order valence-electron chi connectivity index (χ0n) is 13.7. The number of halogens is 1. The number of benzene rings is 1. The van der Waals surface area contributed by atoms with Crippen LogP contribution >= 0.6 is 11.6 Å². The minimum atomic E-state index is 0.0156. The lowest BCUT2D eigenvalue weighted by molar-refractivity contribution is -0.130. The van der Waals surface area contributed by atoms with E-state index < -0.39 is 0 Å². The van der Waals surface area contributed by atoms with Gasteiger partial charge in [-0.3, -0.25) is 4.79 Å². The third-order valence-corrected chi connectivity index (χ3v) is 4.41. The number of amides is 1. The molecular formula is C18H16ClN5O. The number of H-pyrrole nitrogens is 1. The number of hydrogen-bond donors (Lipinski definition) is 1. The first kappa shape index (κ1) is 15.8. The molecule has 0 spiro atoms. The summed E-state index contributed by atoms with van der Waals surface area (Å²) < 4.78 is 0. The SMILES string of the molecule is CN1N=C(c2nc3ncc(Cc4cccc(Cl)c4)cc3[nH]2)CCC1=O. The van der Waals surface area contributed by atoms with Crippen molar-refractivity contribution < 1.29 is 4.79 Å². The van der Waals surface area contributed by atoms with Crippen molar-refractivity contribution in [1.82, 2.24) is 20.0 Å². The van der Waals surface area contributed by atoms with Crippen molar-refractivity contribution in [3.05, 3.63) is 58.5 Å². The fourth-order valence-corrected chi connectivity index (χ4v) is 3.11. The molecule has 1 N–H and O–H groups in total. The number of carbonyl (C=O) groups excluding carboxylic acids is 1. The molecule has 1 aliphatic rings. The first-order valence-corrected chi connectivity index (χ1v) is 8.40. The van der Waals surface area contributed by atoms with Crippen LogP contribution in [-0.2, 0) is 11.2 Å². The minimum absolute atomic E-state index is 0.0156. The van der Waals surface area contributed by atoms with Crippen molar-refractivity contribution >= 4 is 34.4 Å². The van der Waals surface area contributed by atoms with E-state index in [-0.39, 0.29) is 5.91 Å². The van der Waals surface area contributed by atoms with Gasteiger partial charge in [-0.15, -0.1) is 0 Å². The van der Waals surface area contributed by atoms with E-state index in [2.05, 4.69) is 20.1 Å². The predicted octanol–water partition coefficient (Wildman–Crippen LogP) is 3.16. The van der Waals surface area contributed by atoms with Gasteiger partial charge in [0.25, 0.3) is 0 Å². The summed E-state index contributed by atoms with van der Waals surface area (Å²) in [5.41, 5.74) is 4.48. The summed E-state index contributed by atoms with van der Waals surface area (Å²) >= 11 is 6.04. The van der Waals surface area contributed by atoms with E-state index in [4.69, 9.17) is 11.6 Å². The Morgan fingerprint density at radius 2 is 2.12 bits per heavy atom. The van der Waals surface area contributed by atoms with Gasteiger partial charge in [0.15, 0.2) is 11.5 Å². The van der Waals surface area contributed by atoms with Crippen LogP contribution in [0.3, 0.4) is 0 Å². The summed E-state index contributed by atoms with van der Waals surface area (Å²) in [7, 11) is 1.66. The molecule has 0 aliphatic carbocycles. The summed E-state index contributed by atoms with van der Waals surface area (Å²) in [5.74, 6) is 0.684. The Labute approximate surface area is 149 Å². The summed E-state index contributed by atoms with van der Waals surface area (Å²) in [4.78, 5) is 23.8. The Kier molecular flexibility index (Phi) is 3.97. The van der Waals surface area contributed by atoms with Crippen LogP contribution in [0.25, 0.3) is 11.2 Å². The maximum Gasteiger partial charge on any atom is 0.242 e. The Morgan fingerprint density at radius 1 is 1.24 bits per heavy atom. The minimum Gasteiger partial charge on any atom is -0.335 e. The lowest BCUT2D eigenvalue weighted by Gasteiger charge is -2.17. The van der Waals surface area contributed by atoms with Gasteiger partial charge in [-0.1, -0.05) is 23.7 Å². The maximum absolute atomic E-state index is 11.6. The second-order valence-corrected chi connectivity index (χ2v) is 6.51. The van der Waals surface area contributed by atoms with Crippen molar-refractivity contribution in [2.75, 3.05) is 7.05 Å². The van der Waals surface area contributed by atoms with E-state index in [9.17, 15) is 4.79 Å². The molecule has 2 aromatic heterocycles. The van der Waals surface area contributed by atoms with Gasteiger partial charge in [0.1, 0.15) is 5.71 Å². The molecule has 0 saturated carbocycles. The van der Waals surface area contributed by atoms with E-state index >= 15 is 0 Å². The molecule has 1 aliphatic heterocycles. The number of aromatic nitrogens is 3. The summed E-state index contributed by atoms with van der Waals surface area (Å²) in [6.07, 6.45) is 3.60. The molecule has 6 nitrogen and oxygen atoms in total. The number of aromatic amines is 1. The van der Waals surface area contributed by atoms with Gasteiger partial charge >= 0.3 is 0 Å². The third-order valence-electron chi connectivity index (χ3n) is 4.17. The Morgan fingerprint density at radius 3 is 2.92 bits per heavy atom. The van der Waals surface area contributed by atoms with Crippen LogP contribution in [0.15, 0.2) is 41.6 Å². The maximum atomic E-state index is 11.6. The van der Waals surface area contributed by atoms with E-state index in [1.54, 1.807) is 7.05 Å². The molecule has 3 aromatic rings. The number of fused-ring (bicyclic) bond motifs is 1. The molecule has 0 unspecified atom stereocenters. The first-order chi connectivity index (χ1) is 12.1. The quantitative estimate of drug-likeness (QED) is 0.786. The van der Waals surface area contributed by atoms with Gasteiger partial charge in [0, 0.05) is 31.1 Å². The number of pyridine rings is 1. The van der Waals surface area contributed by atoms with Crippen molar-refractivity contribution in [3.8, 4) is 0 Å². The van der Waals surface area contributed by atoms with Gasteiger partial charge in [-0.2, -0.15) is 5.10 Å². The van der Waals surface area contributed by atoms with Crippen LogP contribution in [0.5, 0.6) is 0 Å². The normalized spacial score (nSPS) is 14.9.